The zero-order chi connectivity index (χ0) is 15.2. The normalized spacial score (nSPS) is 10.4. The molecule has 0 saturated heterocycles. The van der Waals surface area contributed by atoms with Crippen LogP contribution in [0.4, 0.5) is 0 Å². The van der Waals surface area contributed by atoms with Gasteiger partial charge in [0.15, 0.2) is 0 Å². The van der Waals surface area contributed by atoms with Gasteiger partial charge in [0.2, 0.25) is 0 Å². The topological polar surface area (TPSA) is 35.5 Å². The summed E-state index contributed by atoms with van der Waals surface area (Å²) in [5.41, 5.74) is 0.436. The maximum Gasteiger partial charge on any atom is 0.341 e. The Morgan fingerprint density at radius 1 is 1.24 bits per heavy atom. The SMILES string of the molecule is COC(=O)c1cc2ccccc2cc1OCCC(=S)SC. The molecule has 5 heteroatoms. The summed E-state index contributed by atoms with van der Waals surface area (Å²) >= 11 is 6.68. The van der Waals surface area contributed by atoms with Gasteiger partial charge in [0.1, 0.15) is 11.3 Å². The van der Waals surface area contributed by atoms with Crippen molar-refractivity contribution >= 4 is 44.9 Å². The average molecular weight is 320 g/mol. The molecule has 0 heterocycles. The van der Waals surface area contributed by atoms with Crippen LogP contribution < -0.4 is 4.74 Å². The zero-order valence-corrected chi connectivity index (χ0v) is 13.6. The van der Waals surface area contributed by atoms with Crippen LogP contribution in [0.2, 0.25) is 0 Å². The number of esters is 1. The minimum absolute atomic E-state index is 0.400. The van der Waals surface area contributed by atoms with Crippen molar-refractivity contribution in [3.8, 4) is 5.75 Å². The fraction of sp³-hybridized carbons (Fsp3) is 0.250. The van der Waals surface area contributed by atoms with Gasteiger partial charge in [0.25, 0.3) is 0 Å². The van der Waals surface area contributed by atoms with Gasteiger partial charge in [-0.2, -0.15) is 0 Å². The molecule has 0 saturated carbocycles. The lowest BCUT2D eigenvalue weighted by molar-refractivity contribution is 0.0596. The van der Waals surface area contributed by atoms with E-state index in [0.29, 0.717) is 24.3 Å². The number of methoxy groups -OCH3 is 1. The van der Waals surface area contributed by atoms with E-state index in [1.165, 1.54) is 18.9 Å². The van der Waals surface area contributed by atoms with E-state index in [-0.39, 0.29) is 0 Å². The molecule has 2 rings (SSSR count). The first-order valence-electron chi connectivity index (χ1n) is 6.46. The van der Waals surface area contributed by atoms with Crippen molar-refractivity contribution in [3.05, 3.63) is 42.0 Å². The predicted octanol–water partition coefficient (Wildman–Crippen LogP) is 4.09. The highest BCUT2D eigenvalue weighted by atomic mass is 32.2. The van der Waals surface area contributed by atoms with Gasteiger partial charge in [-0.3, -0.25) is 0 Å². The van der Waals surface area contributed by atoms with E-state index in [1.807, 2.05) is 36.6 Å². The summed E-state index contributed by atoms with van der Waals surface area (Å²) < 4.78 is 11.4. The summed E-state index contributed by atoms with van der Waals surface area (Å²) in [7, 11) is 1.37. The molecule has 2 aromatic carbocycles. The van der Waals surface area contributed by atoms with Crippen molar-refractivity contribution in [1.29, 1.82) is 0 Å². The number of rotatable bonds is 5. The standard InChI is InChI=1S/C16H16O3S2/c1-18-16(17)13-9-11-5-3-4-6-12(11)10-14(13)19-8-7-15(20)21-2/h3-6,9-10H,7-8H2,1-2H3. The van der Waals surface area contributed by atoms with Gasteiger partial charge < -0.3 is 9.47 Å². The monoisotopic (exact) mass is 320 g/mol. The molecule has 3 nitrogen and oxygen atoms in total. The first-order chi connectivity index (χ1) is 10.2. The highest BCUT2D eigenvalue weighted by Gasteiger charge is 2.14. The minimum atomic E-state index is -0.400. The molecule has 2 aromatic rings. The third-order valence-corrected chi connectivity index (χ3v) is 4.41. The fourth-order valence-corrected chi connectivity index (χ4v) is 2.33. The van der Waals surface area contributed by atoms with E-state index >= 15 is 0 Å². The summed E-state index contributed by atoms with van der Waals surface area (Å²) in [6.07, 6.45) is 2.61. The second kappa shape index (κ2) is 7.43. The van der Waals surface area contributed by atoms with E-state index < -0.39 is 5.97 Å². The summed E-state index contributed by atoms with van der Waals surface area (Å²) in [6.45, 7) is 0.446. The van der Waals surface area contributed by atoms with Crippen molar-refractivity contribution in [2.75, 3.05) is 20.0 Å². The Bertz CT molecular complexity index is 668. The molecule has 110 valence electrons. The molecule has 0 N–H and O–H groups in total. The Labute approximate surface area is 133 Å². The van der Waals surface area contributed by atoms with Crippen LogP contribution in [0.25, 0.3) is 10.8 Å². The molecule has 0 aliphatic carbocycles. The molecule has 0 radical (unpaired) electrons. The number of carbonyl (C=O) groups excluding carboxylic acids is 1. The van der Waals surface area contributed by atoms with E-state index in [4.69, 9.17) is 21.7 Å². The molecule has 0 fully saturated rings. The van der Waals surface area contributed by atoms with Gasteiger partial charge in [-0.1, -0.05) is 36.5 Å². The summed E-state index contributed by atoms with van der Waals surface area (Å²) in [4.78, 5) is 11.9. The van der Waals surface area contributed by atoms with Crippen LogP contribution in [0.15, 0.2) is 36.4 Å². The Balaban J connectivity index is 2.30. The molecule has 0 spiro atoms. The van der Waals surface area contributed by atoms with Crippen molar-refractivity contribution in [1.82, 2.24) is 0 Å². The average Bonchev–Trinajstić information content (AvgIpc) is 2.53. The molecule has 0 aliphatic rings. The van der Waals surface area contributed by atoms with Crippen LogP contribution in [-0.4, -0.2) is 30.1 Å². The Morgan fingerprint density at radius 3 is 2.52 bits per heavy atom. The van der Waals surface area contributed by atoms with E-state index in [9.17, 15) is 4.79 Å². The molecule has 0 aliphatic heterocycles. The van der Waals surface area contributed by atoms with Gasteiger partial charge in [-0.15, -0.1) is 11.8 Å². The van der Waals surface area contributed by atoms with Gasteiger partial charge in [0.05, 0.1) is 17.9 Å². The number of hydrogen-bond donors (Lipinski definition) is 0. The number of benzene rings is 2. The molecular formula is C16H16O3S2. The van der Waals surface area contributed by atoms with E-state index in [0.717, 1.165) is 15.0 Å². The van der Waals surface area contributed by atoms with Crippen molar-refractivity contribution in [2.45, 2.75) is 6.42 Å². The quantitative estimate of drug-likeness (QED) is 0.612. The summed E-state index contributed by atoms with van der Waals surface area (Å²) in [5.74, 6) is 0.132. The molecule has 21 heavy (non-hydrogen) atoms. The molecule has 0 aromatic heterocycles. The van der Waals surface area contributed by atoms with Gasteiger partial charge >= 0.3 is 5.97 Å². The van der Waals surface area contributed by atoms with Crippen LogP contribution in [0.1, 0.15) is 16.8 Å². The highest BCUT2D eigenvalue weighted by molar-refractivity contribution is 8.22. The largest absolute Gasteiger partial charge is 0.492 e. The smallest absolute Gasteiger partial charge is 0.341 e. The van der Waals surface area contributed by atoms with Crippen LogP contribution >= 0.6 is 24.0 Å². The van der Waals surface area contributed by atoms with Crippen molar-refractivity contribution < 1.29 is 14.3 Å². The van der Waals surface area contributed by atoms with Crippen LogP contribution in [0.5, 0.6) is 5.75 Å². The van der Waals surface area contributed by atoms with Gasteiger partial charge in [-0.25, -0.2) is 4.79 Å². The fourth-order valence-electron chi connectivity index (χ4n) is 1.95. The first-order valence-corrected chi connectivity index (χ1v) is 8.09. The molecular weight excluding hydrogens is 304 g/mol. The number of hydrogen-bond acceptors (Lipinski definition) is 5. The number of thiocarbonyl (C=S) groups is 1. The zero-order valence-electron chi connectivity index (χ0n) is 11.9. The third kappa shape index (κ3) is 3.95. The Kier molecular flexibility index (Phi) is 5.59. The maximum absolute atomic E-state index is 11.9. The van der Waals surface area contributed by atoms with Crippen LogP contribution in [-0.2, 0) is 4.74 Å². The lowest BCUT2D eigenvalue weighted by Crippen LogP contribution is -2.08. The van der Waals surface area contributed by atoms with Crippen molar-refractivity contribution in [2.24, 2.45) is 0 Å². The molecule has 0 atom stereocenters. The highest BCUT2D eigenvalue weighted by Crippen LogP contribution is 2.27. The first kappa shape index (κ1) is 15.8. The van der Waals surface area contributed by atoms with Crippen LogP contribution in [0.3, 0.4) is 0 Å². The lowest BCUT2D eigenvalue weighted by atomic mass is 10.1. The number of carbonyl (C=O) groups is 1. The summed E-state index contributed by atoms with van der Waals surface area (Å²) in [6, 6.07) is 11.5. The second-order valence-electron chi connectivity index (χ2n) is 4.36. The molecule has 0 bridgehead atoms. The Morgan fingerprint density at radius 2 is 1.90 bits per heavy atom. The molecule has 0 amide bonds. The van der Waals surface area contributed by atoms with Crippen molar-refractivity contribution in [3.63, 3.8) is 0 Å². The van der Waals surface area contributed by atoms with Crippen LogP contribution in [0, 0.1) is 0 Å². The maximum atomic E-state index is 11.9. The van der Waals surface area contributed by atoms with Gasteiger partial charge in [0, 0.05) is 6.42 Å². The molecule has 0 unspecified atom stereocenters. The third-order valence-electron chi connectivity index (χ3n) is 3.04. The van der Waals surface area contributed by atoms with E-state index in [1.54, 1.807) is 6.07 Å². The Hall–Kier alpha value is -1.59. The van der Waals surface area contributed by atoms with E-state index in [2.05, 4.69) is 0 Å². The minimum Gasteiger partial charge on any atom is -0.492 e. The van der Waals surface area contributed by atoms with Gasteiger partial charge in [-0.05, 0) is 29.2 Å². The summed E-state index contributed by atoms with van der Waals surface area (Å²) in [5, 5.41) is 2.00. The number of fused-ring (bicyclic) bond motifs is 1. The predicted molar refractivity (Wildman–Crippen MR) is 91.5 cm³/mol. The lowest BCUT2D eigenvalue weighted by Gasteiger charge is -2.12. The second-order valence-corrected chi connectivity index (χ2v) is 6.01. The number of thioether (sulfide) groups is 1. The number of ether oxygens (including phenoxy) is 2.